The molecule has 0 bridgehead atoms. The quantitative estimate of drug-likeness (QED) is 0.616. The lowest BCUT2D eigenvalue weighted by Crippen LogP contribution is -2.24. The van der Waals surface area contributed by atoms with E-state index < -0.39 is 5.91 Å². The Hall–Kier alpha value is -2.09. The lowest BCUT2D eigenvalue weighted by Gasteiger charge is -1.99. The first-order valence-corrected chi connectivity index (χ1v) is 3.61. The normalized spacial score (nSPS) is 8.85. The number of nitriles is 1. The molecule has 0 aliphatic carbocycles. The number of carbonyl (C=O) groups is 1. The number of hydrogen-bond donors (Lipinski definition) is 2. The van der Waals surface area contributed by atoms with Gasteiger partial charge in [-0.15, -0.1) is 0 Å². The molecule has 5 nitrogen and oxygen atoms in total. The van der Waals surface area contributed by atoms with Gasteiger partial charge in [0.05, 0.1) is 6.07 Å². The molecule has 0 saturated heterocycles. The van der Waals surface area contributed by atoms with Crippen LogP contribution < -0.4 is 11.1 Å². The molecular weight excluding hydrogens is 168 g/mol. The summed E-state index contributed by atoms with van der Waals surface area (Å²) in [6, 6.07) is 6.54. The zero-order valence-corrected chi connectivity index (χ0v) is 6.82. The minimum absolute atomic E-state index is 0.0324. The standard InChI is InChI=1S/C8H8N4O/c9-4-5-11-8(13)6-2-1-3-7(10)12-6/h1-3H,5H2,(H2,10,12)(H,11,13). The van der Waals surface area contributed by atoms with Crippen molar-refractivity contribution in [2.45, 2.75) is 0 Å². The Kier molecular flexibility index (Phi) is 2.82. The second-order valence-electron chi connectivity index (χ2n) is 2.29. The van der Waals surface area contributed by atoms with Crippen LogP contribution in [0.25, 0.3) is 0 Å². The van der Waals surface area contributed by atoms with Crippen LogP contribution in [0.2, 0.25) is 0 Å². The van der Waals surface area contributed by atoms with Crippen molar-refractivity contribution in [1.29, 1.82) is 5.26 Å². The number of aromatic nitrogens is 1. The molecule has 0 aliphatic rings. The van der Waals surface area contributed by atoms with Gasteiger partial charge in [0.1, 0.15) is 18.1 Å². The van der Waals surface area contributed by atoms with E-state index in [4.69, 9.17) is 11.0 Å². The smallest absolute Gasteiger partial charge is 0.270 e. The summed E-state index contributed by atoms with van der Waals surface area (Å²) in [5.74, 6) is -0.113. The number of rotatable bonds is 2. The second kappa shape index (κ2) is 4.07. The Morgan fingerprint density at radius 2 is 2.46 bits per heavy atom. The summed E-state index contributed by atoms with van der Waals surface area (Å²) in [6.07, 6.45) is 0. The predicted molar refractivity (Wildman–Crippen MR) is 46.6 cm³/mol. The lowest BCUT2D eigenvalue weighted by atomic mass is 10.3. The van der Waals surface area contributed by atoms with Gasteiger partial charge < -0.3 is 11.1 Å². The maximum Gasteiger partial charge on any atom is 0.270 e. The molecule has 0 spiro atoms. The second-order valence-corrected chi connectivity index (χ2v) is 2.29. The van der Waals surface area contributed by atoms with Gasteiger partial charge >= 0.3 is 0 Å². The average molecular weight is 176 g/mol. The fraction of sp³-hybridized carbons (Fsp3) is 0.125. The molecule has 0 saturated carbocycles. The number of carbonyl (C=O) groups excluding carboxylic acids is 1. The van der Waals surface area contributed by atoms with Gasteiger partial charge in [0.15, 0.2) is 0 Å². The van der Waals surface area contributed by atoms with E-state index >= 15 is 0 Å². The van der Waals surface area contributed by atoms with Crippen LogP contribution in [0.3, 0.4) is 0 Å². The topological polar surface area (TPSA) is 91.8 Å². The van der Waals surface area contributed by atoms with Gasteiger partial charge in [-0.1, -0.05) is 6.07 Å². The van der Waals surface area contributed by atoms with Crippen molar-refractivity contribution in [3.63, 3.8) is 0 Å². The number of nitrogen functional groups attached to an aromatic ring is 1. The van der Waals surface area contributed by atoms with Crippen LogP contribution in [0.15, 0.2) is 18.2 Å². The summed E-state index contributed by atoms with van der Waals surface area (Å²) in [7, 11) is 0. The highest BCUT2D eigenvalue weighted by Gasteiger charge is 2.05. The van der Waals surface area contributed by atoms with E-state index in [0.717, 1.165) is 0 Å². The Morgan fingerprint density at radius 1 is 1.69 bits per heavy atom. The summed E-state index contributed by atoms with van der Waals surface area (Å²) in [5.41, 5.74) is 5.59. The highest BCUT2D eigenvalue weighted by atomic mass is 16.1. The van der Waals surface area contributed by atoms with Gasteiger partial charge in [-0.05, 0) is 12.1 Å². The largest absolute Gasteiger partial charge is 0.384 e. The first kappa shape index (κ1) is 9.00. The summed E-state index contributed by atoms with van der Waals surface area (Å²) in [5, 5.41) is 10.6. The minimum atomic E-state index is -0.395. The first-order chi connectivity index (χ1) is 6.24. The number of pyridine rings is 1. The fourth-order valence-corrected chi connectivity index (χ4v) is 0.788. The first-order valence-electron chi connectivity index (χ1n) is 3.61. The predicted octanol–water partition coefficient (Wildman–Crippen LogP) is -0.0828. The number of anilines is 1. The van der Waals surface area contributed by atoms with E-state index in [1.54, 1.807) is 18.2 Å². The van der Waals surface area contributed by atoms with Gasteiger partial charge in [0.2, 0.25) is 0 Å². The van der Waals surface area contributed by atoms with E-state index in [1.807, 2.05) is 0 Å². The molecule has 0 fully saturated rings. The summed E-state index contributed by atoms with van der Waals surface area (Å²) >= 11 is 0. The maximum atomic E-state index is 11.2. The monoisotopic (exact) mass is 176 g/mol. The van der Waals surface area contributed by atoms with Gasteiger partial charge in [0.25, 0.3) is 5.91 Å². The molecule has 1 rings (SSSR count). The van der Waals surface area contributed by atoms with Crippen molar-refractivity contribution in [3.05, 3.63) is 23.9 Å². The van der Waals surface area contributed by atoms with E-state index in [-0.39, 0.29) is 18.1 Å². The lowest BCUT2D eigenvalue weighted by molar-refractivity contribution is 0.0953. The molecule has 5 heteroatoms. The molecule has 3 N–H and O–H groups in total. The van der Waals surface area contributed by atoms with Crippen molar-refractivity contribution >= 4 is 11.7 Å². The number of hydrogen-bond acceptors (Lipinski definition) is 4. The Bertz CT molecular complexity index is 355. The number of nitrogens with one attached hydrogen (secondary N) is 1. The molecule has 1 aromatic rings. The van der Waals surface area contributed by atoms with Crippen LogP contribution in [0.5, 0.6) is 0 Å². The Morgan fingerprint density at radius 3 is 3.08 bits per heavy atom. The minimum Gasteiger partial charge on any atom is -0.384 e. The molecule has 0 radical (unpaired) electrons. The van der Waals surface area contributed by atoms with Crippen LogP contribution in [0.1, 0.15) is 10.5 Å². The zero-order chi connectivity index (χ0) is 9.68. The van der Waals surface area contributed by atoms with Crippen molar-refractivity contribution in [1.82, 2.24) is 10.3 Å². The molecule has 1 amide bonds. The third-order valence-corrected chi connectivity index (χ3v) is 1.33. The van der Waals surface area contributed by atoms with Gasteiger partial charge in [-0.2, -0.15) is 5.26 Å². The molecule has 0 aliphatic heterocycles. The fourth-order valence-electron chi connectivity index (χ4n) is 0.788. The average Bonchev–Trinajstić information content (AvgIpc) is 2.14. The number of nitrogens with two attached hydrogens (primary N) is 1. The van der Waals surface area contributed by atoms with Gasteiger partial charge in [-0.25, -0.2) is 4.98 Å². The molecule has 1 aromatic heterocycles. The van der Waals surface area contributed by atoms with Crippen molar-refractivity contribution < 1.29 is 4.79 Å². The Balaban J connectivity index is 2.72. The van der Waals surface area contributed by atoms with Gasteiger partial charge in [0, 0.05) is 0 Å². The maximum absolute atomic E-state index is 11.2. The molecule has 0 unspecified atom stereocenters. The zero-order valence-electron chi connectivity index (χ0n) is 6.82. The summed E-state index contributed by atoms with van der Waals surface area (Å²) in [4.78, 5) is 15.0. The van der Waals surface area contributed by atoms with Crippen molar-refractivity contribution in [3.8, 4) is 6.07 Å². The molecule has 1 heterocycles. The third kappa shape index (κ3) is 2.45. The van der Waals surface area contributed by atoms with Crippen LogP contribution in [-0.4, -0.2) is 17.4 Å². The van der Waals surface area contributed by atoms with Crippen LogP contribution in [-0.2, 0) is 0 Å². The molecule has 13 heavy (non-hydrogen) atoms. The van der Waals surface area contributed by atoms with Gasteiger partial charge in [-0.3, -0.25) is 4.79 Å². The highest BCUT2D eigenvalue weighted by Crippen LogP contribution is 1.99. The van der Waals surface area contributed by atoms with Crippen LogP contribution >= 0.6 is 0 Å². The van der Waals surface area contributed by atoms with Crippen molar-refractivity contribution in [2.75, 3.05) is 12.3 Å². The SMILES string of the molecule is N#CCNC(=O)c1cccc(N)n1. The van der Waals surface area contributed by atoms with E-state index in [1.165, 1.54) is 6.07 Å². The number of amides is 1. The van der Waals surface area contributed by atoms with Crippen LogP contribution in [0.4, 0.5) is 5.82 Å². The summed E-state index contributed by atoms with van der Waals surface area (Å²) < 4.78 is 0. The van der Waals surface area contributed by atoms with E-state index in [2.05, 4.69) is 10.3 Å². The van der Waals surface area contributed by atoms with Crippen molar-refractivity contribution in [2.24, 2.45) is 0 Å². The van der Waals surface area contributed by atoms with E-state index in [9.17, 15) is 4.79 Å². The molecule has 66 valence electrons. The highest BCUT2D eigenvalue weighted by molar-refractivity contribution is 5.92. The molecule has 0 atom stereocenters. The number of nitrogens with zero attached hydrogens (tertiary/aromatic N) is 2. The summed E-state index contributed by atoms with van der Waals surface area (Å²) in [6.45, 7) is -0.0324. The molecular formula is C8H8N4O. The molecule has 0 aromatic carbocycles. The Labute approximate surface area is 75.2 Å². The third-order valence-electron chi connectivity index (χ3n) is 1.33. The van der Waals surface area contributed by atoms with Crippen LogP contribution in [0, 0.1) is 11.3 Å². The van der Waals surface area contributed by atoms with E-state index in [0.29, 0.717) is 0 Å².